The number of piperidine rings is 1. The highest BCUT2D eigenvalue weighted by atomic mass is 32.2. The van der Waals surface area contributed by atoms with Gasteiger partial charge in [0.15, 0.2) is 0 Å². The standard InChI is InChI=1S/C34H33N5O2S/c40-32-31(42-34(41)37-32)21-30-14-17-35-33(36-30)39-18-15-26(16-19-39)23-38(22-25-8-3-1-4-9-25)24-27-10-7-13-29(20-27)28-11-5-2-6-12-28/h1-14,17,20-21,26H,15-16,18-19,22-24H2,(H,37,40,41)/b31-21-. The van der Waals surface area contributed by atoms with Crippen LogP contribution < -0.4 is 10.2 Å². The lowest BCUT2D eigenvalue weighted by Gasteiger charge is -2.35. The van der Waals surface area contributed by atoms with Gasteiger partial charge in [-0.1, -0.05) is 78.9 Å². The number of amides is 2. The maximum atomic E-state index is 11.9. The molecule has 0 bridgehead atoms. The van der Waals surface area contributed by atoms with Crippen LogP contribution in [0.2, 0.25) is 0 Å². The number of hydrogen-bond donors (Lipinski definition) is 1. The van der Waals surface area contributed by atoms with Crippen molar-refractivity contribution in [1.82, 2.24) is 20.2 Å². The number of thioether (sulfide) groups is 1. The molecule has 2 fully saturated rings. The van der Waals surface area contributed by atoms with Gasteiger partial charge >= 0.3 is 0 Å². The zero-order chi connectivity index (χ0) is 28.7. The molecule has 2 amide bonds. The first-order valence-corrected chi connectivity index (χ1v) is 15.1. The van der Waals surface area contributed by atoms with Gasteiger partial charge in [-0.3, -0.25) is 19.8 Å². The predicted molar refractivity (Wildman–Crippen MR) is 169 cm³/mol. The number of anilines is 1. The van der Waals surface area contributed by atoms with Gasteiger partial charge in [-0.25, -0.2) is 9.97 Å². The molecule has 2 saturated heterocycles. The van der Waals surface area contributed by atoms with Crippen molar-refractivity contribution >= 4 is 34.9 Å². The predicted octanol–water partition coefficient (Wildman–Crippen LogP) is 6.39. The molecular weight excluding hydrogens is 542 g/mol. The molecule has 2 aliphatic rings. The Kier molecular flexibility index (Phi) is 8.72. The number of benzene rings is 3. The number of rotatable bonds is 9. The molecule has 7 nitrogen and oxygen atoms in total. The molecule has 4 aromatic rings. The summed E-state index contributed by atoms with van der Waals surface area (Å²) < 4.78 is 0. The molecule has 3 aromatic carbocycles. The van der Waals surface area contributed by atoms with Crippen molar-refractivity contribution in [2.75, 3.05) is 24.5 Å². The summed E-state index contributed by atoms with van der Waals surface area (Å²) in [5, 5.41) is 1.93. The third-order valence-electron chi connectivity index (χ3n) is 7.69. The van der Waals surface area contributed by atoms with Crippen LogP contribution >= 0.6 is 11.8 Å². The van der Waals surface area contributed by atoms with Gasteiger partial charge in [0.1, 0.15) is 0 Å². The zero-order valence-corrected chi connectivity index (χ0v) is 24.2. The zero-order valence-electron chi connectivity index (χ0n) is 23.4. The van der Waals surface area contributed by atoms with Gasteiger partial charge in [-0.05, 0) is 71.0 Å². The smallest absolute Gasteiger partial charge is 0.290 e. The molecule has 0 radical (unpaired) electrons. The minimum Gasteiger partial charge on any atom is -0.341 e. The van der Waals surface area contributed by atoms with Gasteiger partial charge in [0, 0.05) is 38.9 Å². The van der Waals surface area contributed by atoms with Crippen LogP contribution in [0.5, 0.6) is 0 Å². The summed E-state index contributed by atoms with van der Waals surface area (Å²) in [6, 6.07) is 31.9. The summed E-state index contributed by atoms with van der Waals surface area (Å²) in [5.41, 5.74) is 5.76. The van der Waals surface area contributed by atoms with Crippen molar-refractivity contribution in [3.63, 3.8) is 0 Å². The van der Waals surface area contributed by atoms with Gasteiger partial charge < -0.3 is 4.90 Å². The topological polar surface area (TPSA) is 78.4 Å². The lowest BCUT2D eigenvalue weighted by molar-refractivity contribution is -0.115. The highest BCUT2D eigenvalue weighted by Gasteiger charge is 2.26. The van der Waals surface area contributed by atoms with E-state index in [4.69, 9.17) is 0 Å². The lowest BCUT2D eigenvalue weighted by Crippen LogP contribution is -2.39. The van der Waals surface area contributed by atoms with Crippen molar-refractivity contribution in [2.45, 2.75) is 25.9 Å². The number of imide groups is 1. The van der Waals surface area contributed by atoms with Crippen molar-refractivity contribution in [1.29, 1.82) is 0 Å². The fourth-order valence-corrected chi connectivity index (χ4v) is 6.26. The third-order valence-corrected chi connectivity index (χ3v) is 8.50. The first kappa shape index (κ1) is 27.9. The number of carbonyl (C=O) groups is 2. The molecule has 6 rings (SSSR count). The molecule has 42 heavy (non-hydrogen) atoms. The summed E-state index contributed by atoms with van der Waals surface area (Å²) in [4.78, 5) is 37.8. The van der Waals surface area contributed by atoms with Crippen molar-refractivity contribution in [3.05, 3.63) is 119 Å². The fourth-order valence-electron chi connectivity index (χ4n) is 5.60. The van der Waals surface area contributed by atoms with Crippen LogP contribution in [0.1, 0.15) is 29.7 Å². The molecule has 2 aliphatic heterocycles. The average Bonchev–Trinajstić information content (AvgIpc) is 3.34. The Morgan fingerprint density at radius 2 is 1.55 bits per heavy atom. The fraction of sp³-hybridized carbons (Fsp3) is 0.235. The number of aromatic nitrogens is 2. The van der Waals surface area contributed by atoms with Gasteiger partial charge in [0.25, 0.3) is 11.1 Å². The minimum atomic E-state index is -0.377. The summed E-state index contributed by atoms with van der Waals surface area (Å²) in [6.45, 7) is 4.57. The van der Waals surface area contributed by atoms with E-state index in [2.05, 4.69) is 110 Å². The molecule has 0 saturated carbocycles. The molecular formula is C34H33N5O2S. The van der Waals surface area contributed by atoms with Crippen LogP contribution in [0.4, 0.5) is 10.7 Å². The van der Waals surface area contributed by atoms with E-state index in [1.807, 2.05) is 0 Å². The van der Waals surface area contributed by atoms with Gasteiger partial charge in [-0.2, -0.15) is 0 Å². The van der Waals surface area contributed by atoms with E-state index in [0.29, 0.717) is 22.5 Å². The highest BCUT2D eigenvalue weighted by Crippen LogP contribution is 2.27. The van der Waals surface area contributed by atoms with Crippen molar-refractivity contribution < 1.29 is 9.59 Å². The van der Waals surface area contributed by atoms with E-state index in [0.717, 1.165) is 57.3 Å². The van der Waals surface area contributed by atoms with Crippen LogP contribution in [0, 0.1) is 5.92 Å². The molecule has 0 aliphatic carbocycles. The van der Waals surface area contributed by atoms with Gasteiger partial charge in [0.05, 0.1) is 10.6 Å². The van der Waals surface area contributed by atoms with Crippen LogP contribution in [0.15, 0.2) is 102 Å². The molecule has 0 spiro atoms. The molecule has 8 heteroatoms. The van der Waals surface area contributed by atoms with Gasteiger partial charge in [0.2, 0.25) is 5.95 Å². The Bertz CT molecular complexity index is 1570. The van der Waals surface area contributed by atoms with E-state index in [-0.39, 0.29) is 11.1 Å². The second kappa shape index (κ2) is 13.1. The Morgan fingerprint density at radius 3 is 2.29 bits per heavy atom. The van der Waals surface area contributed by atoms with Crippen molar-refractivity contribution in [3.8, 4) is 11.1 Å². The van der Waals surface area contributed by atoms with E-state index < -0.39 is 0 Å². The maximum absolute atomic E-state index is 11.9. The summed E-state index contributed by atoms with van der Waals surface area (Å²) in [7, 11) is 0. The maximum Gasteiger partial charge on any atom is 0.290 e. The minimum absolute atomic E-state index is 0.354. The molecule has 1 aromatic heterocycles. The molecule has 0 atom stereocenters. The van der Waals surface area contributed by atoms with Crippen LogP contribution in [-0.2, 0) is 17.9 Å². The SMILES string of the molecule is O=C1NC(=O)/C(=C/c2ccnc(N3CCC(CN(Cc4ccccc4)Cc4cccc(-c5ccccc5)c4)CC3)n2)S1. The monoisotopic (exact) mass is 575 g/mol. The van der Waals surface area contributed by atoms with E-state index in [9.17, 15) is 9.59 Å². The van der Waals surface area contributed by atoms with Crippen molar-refractivity contribution in [2.24, 2.45) is 5.92 Å². The van der Waals surface area contributed by atoms with Crippen LogP contribution in [0.25, 0.3) is 17.2 Å². The van der Waals surface area contributed by atoms with E-state index in [1.54, 1.807) is 18.3 Å². The third kappa shape index (κ3) is 7.13. The average molecular weight is 576 g/mol. The quantitative estimate of drug-likeness (QED) is 0.232. The van der Waals surface area contributed by atoms with Crippen LogP contribution in [-0.4, -0.2) is 45.6 Å². The Morgan fingerprint density at radius 1 is 0.857 bits per heavy atom. The second-order valence-corrected chi connectivity index (χ2v) is 11.8. The second-order valence-electron chi connectivity index (χ2n) is 10.8. The molecule has 0 unspecified atom stereocenters. The summed E-state index contributed by atoms with van der Waals surface area (Å²) in [5.74, 6) is 0.853. The first-order chi connectivity index (χ1) is 20.6. The Balaban J connectivity index is 1.11. The molecule has 212 valence electrons. The number of hydrogen-bond acceptors (Lipinski definition) is 7. The van der Waals surface area contributed by atoms with E-state index in [1.165, 1.54) is 22.3 Å². The Hall–Kier alpha value is -4.27. The van der Waals surface area contributed by atoms with E-state index >= 15 is 0 Å². The lowest BCUT2D eigenvalue weighted by atomic mass is 9.95. The summed E-state index contributed by atoms with van der Waals surface area (Å²) >= 11 is 0.899. The number of nitrogens with one attached hydrogen (secondary N) is 1. The first-order valence-electron chi connectivity index (χ1n) is 14.3. The van der Waals surface area contributed by atoms with Gasteiger partial charge in [-0.15, -0.1) is 0 Å². The molecule has 3 heterocycles. The highest BCUT2D eigenvalue weighted by molar-refractivity contribution is 8.18. The number of carbonyl (C=O) groups excluding carboxylic acids is 2. The Labute approximate surface area is 250 Å². The summed E-state index contributed by atoms with van der Waals surface area (Å²) in [6.07, 6.45) is 5.47. The number of nitrogens with zero attached hydrogens (tertiary/aromatic N) is 4. The largest absolute Gasteiger partial charge is 0.341 e. The normalized spacial score (nSPS) is 16.8. The van der Waals surface area contributed by atoms with Crippen LogP contribution in [0.3, 0.4) is 0 Å². The molecule has 1 N–H and O–H groups in total.